The molecule has 0 unspecified atom stereocenters. The number of rotatable bonds is 6. The highest BCUT2D eigenvalue weighted by Crippen LogP contribution is 2.21. The molecule has 0 atom stereocenters. The average molecular weight is 399 g/mol. The van der Waals surface area contributed by atoms with Gasteiger partial charge in [0.05, 0.1) is 13.2 Å². The number of nitrogens with zero attached hydrogens (tertiary/aromatic N) is 1. The first kappa shape index (κ1) is 20.1. The molecule has 1 fully saturated rings. The van der Waals surface area contributed by atoms with Crippen LogP contribution in [0, 0.1) is 0 Å². The second-order valence-corrected chi connectivity index (χ2v) is 7.38. The first-order valence-electron chi connectivity index (χ1n) is 10.3. The van der Waals surface area contributed by atoms with E-state index in [1.54, 1.807) is 0 Å². The molecule has 1 amide bonds. The van der Waals surface area contributed by atoms with Crippen LogP contribution in [0.15, 0.2) is 84.9 Å². The zero-order valence-electron chi connectivity index (χ0n) is 17.0. The Morgan fingerprint density at radius 2 is 1.60 bits per heavy atom. The third kappa shape index (κ3) is 5.44. The average Bonchev–Trinajstić information content (AvgIpc) is 2.80. The van der Waals surface area contributed by atoms with Crippen molar-refractivity contribution in [1.82, 2.24) is 4.90 Å². The number of nitrogens with one attached hydrogen (secondary N) is 1. The molecule has 1 N–H and O–H groups in total. The van der Waals surface area contributed by atoms with Crippen LogP contribution in [0.2, 0.25) is 0 Å². The third-order valence-electron chi connectivity index (χ3n) is 5.13. The lowest BCUT2D eigenvalue weighted by molar-refractivity contribution is -0.111. The number of ether oxygens (including phenoxy) is 1. The second kappa shape index (κ2) is 10.0. The fourth-order valence-corrected chi connectivity index (χ4v) is 3.58. The number of carbonyl (C=O) groups excluding carboxylic acids is 1. The number of benzene rings is 3. The van der Waals surface area contributed by atoms with Gasteiger partial charge in [-0.05, 0) is 34.9 Å². The van der Waals surface area contributed by atoms with Gasteiger partial charge in [0.15, 0.2) is 0 Å². The fourth-order valence-electron chi connectivity index (χ4n) is 3.58. The van der Waals surface area contributed by atoms with E-state index in [4.69, 9.17) is 4.74 Å². The molecule has 0 radical (unpaired) electrons. The van der Waals surface area contributed by atoms with Crippen LogP contribution in [0.25, 0.3) is 11.6 Å². The normalized spacial score (nSPS) is 15.0. The number of morpholine rings is 1. The van der Waals surface area contributed by atoms with Crippen LogP contribution < -0.4 is 5.32 Å². The van der Waals surface area contributed by atoms with Crippen LogP contribution in [0.4, 0.5) is 5.69 Å². The summed E-state index contributed by atoms with van der Waals surface area (Å²) in [5.41, 5.74) is 4.51. The van der Waals surface area contributed by atoms with Crippen molar-refractivity contribution in [1.29, 1.82) is 0 Å². The molecule has 0 aromatic heterocycles. The summed E-state index contributed by atoms with van der Waals surface area (Å²) in [5, 5.41) is 3.09. The summed E-state index contributed by atoms with van der Waals surface area (Å²) < 4.78 is 5.43. The summed E-state index contributed by atoms with van der Waals surface area (Å²) in [6.07, 6.45) is 1.93. The number of hydrogen-bond donors (Lipinski definition) is 1. The first-order chi connectivity index (χ1) is 14.8. The minimum atomic E-state index is -0.117. The highest BCUT2D eigenvalue weighted by molar-refractivity contribution is 6.29. The summed E-state index contributed by atoms with van der Waals surface area (Å²) in [6.45, 7) is 4.30. The van der Waals surface area contributed by atoms with Gasteiger partial charge in [0.1, 0.15) is 0 Å². The van der Waals surface area contributed by atoms with Crippen molar-refractivity contribution in [3.8, 4) is 0 Å². The number of amides is 1. The molecule has 0 saturated carbocycles. The van der Waals surface area contributed by atoms with E-state index in [0.29, 0.717) is 5.57 Å². The van der Waals surface area contributed by atoms with Gasteiger partial charge >= 0.3 is 0 Å². The molecule has 4 nitrogen and oxygen atoms in total. The van der Waals surface area contributed by atoms with Crippen molar-refractivity contribution in [2.75, 3.05) is 31.6 Å². The Bertz CT molecular complexity index is 994. The van der Waals surface area contributed by atoms with E-state index >= 15 is 0 Å². The van der Waals surface area contributed by atoms with E-state index in [-0.39, 0.29) is 5.91 Å². The quantitative estimate of drug-likeness (QED) is 0.483. The van der Waals surface area contributed by atoms with E-state index in [1.165, 1.54) is 5.56 Å². The van der Waals surface area contributed by atoms with Crippen LogP contribution in [0.5, 0.6) is 0 Å². The third-order valence-corrected chi connectivity index (χ3v) is 5.13. The number of carbonyl (C=O) groups is 1. The van der Waals surface area contributed by atoms with Crippen LogP contribution in [0.3, 0.4) is 0 Å². The minimum absolute atomic E-state index is 0.117. The largest absolute Gasteiger partial charge is 0.379 e. The van der Waals surface area contributed by atoms with Gasteiger partial charge in [0.2, 0.25) is 0 Å². The van der Waals surface area contributed by atoms with Gasteiger partial charge in [0, 0.05) is 30.9 Å². The van der Waals surface area contributed by atoms with Crippen molar-refractivity contribution in [2.24, 2.45) is 0 Å². The molecule has 3 aromatic carbocycles. The molecule has 152 valence electrons. The van der Waals surface area contributed by atoms with Gasteiger partial charge in [-0.1, -0.05) is 72.8 Å². The van der Waals surface area contributed by atoms with E-state index in [2.05, 4.69) is 22.3 Å². The molecule has 4 heteroatoms. The Morgan fingerprint density at radius 1 is 0.900 bits per heavy atom. The Kier molecular flexibility index (Phi) is 6.70. The van der Waals surface area contributed by atoms with Crippen molar-refractivity contribution in [3.63, 3.8) is 0 Å². The fraction of sp³-hybridized carbons (Fsp3) is 0.192. The van der Waals surface area contributed by atoms with Crippen molar-refractivity contribution < 1.29 is 9.53 Å². The SMILES string of the molecule is O=C(Nc1cccc(CN2CCOCC2)c1)C(=Cc1ccccc1)c1ccccc1. The lowest BCUT2D eigenvalue weighted by Crippen LogP contribution is -2.35. The molecular weight excluding hydrogens is 372 g/mol. The zero-order valence-corrected chi connectivity index (χ0v) is 17.0. The predicted molar refractivity (Wildman–Crippen MR) is 122 cm³/mol. The molecule has 1 saturated heterocycles. The Morgan fingerprint density at radius 3 is 2.33 bits per heavy atom. The maximum Gasteiger partial charge on any atom is 0.256 e. The summed E-state index contributed by atoms with van der Waals surface area (Å²) >= 11 is 0. The lowest BCUT2D eigenvalue weighted by atomic mass is 10.0. The molecular formula is C26H26N2O2. The number of anilines is 1. The van der Waals surface area contributed by atoms with Gasteiger partial charge < -0.3 is 10.1 Å². The summed E-state index contributed by atoms with van der Waals surface area (Å²) in [6, 6.07) is 27.8. The van der Waals surface area contributed by atoms with Crippen LogP contribution in [-0.2, 0) is 16.1 Å². The standard InChI is InChI=1S/C26H26N2O2/c29-26(25(23-11-5-2-6-12-23)19-21-8-3-1-4-9-21)27-24-13-7-10-22(18-24)20-28-14-16-30-17-15-28/h1-13,18-19H,14-17,20H2,(H,27,29). The van der Waals surface area contributed by atoms with E-state index < -0.39 is 0 Å². The van der Waals surface area contributed by atoms with Crippen LogP contribution in [-0.4, -0.2) is 37.1 Å². The second-order valence-electron chi connectivity index (χ2n) is 7.38. The summed E-state index contributed by atoms with van der Waals surface area (Å²) in [5.74, 6) is -0.117. The monoisotopic (exact) mass is 398 g/mol. The van der Waals surface area contributed by atoms with Gasteiger partial charge in [-0.2, -0.15) is 0 Å². The maximum absolute atomic E-state index is 13.2. The number of hydrogen-bond acceptors (Lipinski definition) is 3. The molecule has 1 aliphatic heterocycles. The van der Waals surface area contributed by atoms with Gasteiger partial charge in [-0.3, -0.25) is 9.69 Å². The molecule has 0 spiro atoms. The highest BCUT2D eigenvalue weighted by Gasteiger charge is 2.14. The molecule has 30 heavy (non-hydrogen) atoms. The maximum atomic E-state index is 13.2. The van der Waals surface area contributed by atoms with Crippen LogP contribution >= 0.6 is 0 Å². The highest BCUT2D eigenvalue weighted by atomic mass is 16.5. The van der Waals surface area contributed by atoms with Crippen molar-refractivity contribution in [3.05, 3.63) is 102 Å². The molecule has 3 aromatic rings. The Balaban J connectivity index is 1.54. The smallest absolute Gasteiger partial charge is 0.256 e. The topological polar surface area (TPSA) is 41.6 Å². The Labute approximate surface area is 177 Å². The molecule has 1 aliphatic rings. The van der Waals surface area contributed by atoms with E-state index in [9.17, 15) is 4.79 Å². The van der Waals surface area contributed by atoms with Gasteiger partial charge in [0.25, 0.3) is 5.91 Å². The van der Waals surface area contributed by atoms with Gasteiger partial charge in [-0.15, -0.1) is 0 Å². The van der Waals surface area contributed by atoms with Crippen molar-refractivity contribution >= 4 is 23.2 Å². The first-order valence-corrected chi connectivity index (χ1v) is 10.3. The molecule has 4 rings (SSSR count). The summed E-state index contributed by atoms with van der Waals surface area (Å²) in [7, 11) is 0. The minimum Gasteiger partial charge on any atom is -0.379 e. The lowest BCUT2D eigenvalue weighted by Gasteiger charge is -2.26. The van der Waals surface area contributed by atoms with Crippen LogP contribution in [0.1, 0.15) is 16.7 Å². The molecule has 1 heterocycles. The molecule has 0 bridgehead atoms. The Hall–Kier alpha value is -3.21. The van der Waals surface area contributed by atoms with Gasteiger partial charge in [-0.25, -0.2) is 0 Å². The van der Waals surface area contributed by atoms with Crippen molar-refractivity contribution in [2.45, 2.75) is 6.54 Å². The summed E-state index contributed by atoms with van der Waals surface area (Å²) in [4.78, 5) is 15.6. The van der Waals surface area contributed by atoms with E-state index in [0.717, 1.165) is 49.7 Å². The predicted octanol–water partition coefficient (Wildman–Crippen LogP) is 4.70. The molecule has 0 aliphatic carbocycles. The van der Waals surface area contributed by atoms with E-state index in [1.807, 2.05) is 78.9 Å². The zero-order chi connectivity index (χ0) is 20.6.